The quantitative estimate of drug-likeness (QED) is 0.858. The average molecular weight is 286 g/mol. The van der Waals surface area contributed by atoms with E-state index in [9.17, 15) is 4.79 Å². The number of hydrogen-bond acceptors (Lipinski definition) is 4. The van der Waals surface area contributed by atoms with Crippen LogP contribution in [0.2, 0.25) is 0 Å². The molecule has 110 valence electrons. The lowest BCUT2D eigenvalue weighted by Crippen LogP contribution is -2.45. The molecule has 2 aromatic rings. The van der Waals surface area contributed by atoms with Gasteiger partial charge in [0.2, 0.25) is 0 Å². The van der Waals surface area contributed by atoms with E-state index in [0.717, 1.165) is 12.1 Å². The normalized spacial score (nSPS) is 18.7. The summed E-state index contributed by atoms with van der Waals surface area (Å²) in [5, 5.41) is 8.45. The van der Waals surface area contributed by atoms with Gasteiger partial charge in [-0.3, -0.25) is 4.79 Å². The van der Waals surface area contributed by atoms with Crippen LogP contribution in [0.4, 0.5) is 0 Å². The molecule has 0 spiro atoms. The Labute approximate surface area is 123 Å². The third-order valence-electron chi connectivity index (χ3n) is 3.58. The van der Waals surface area contributed by atoms with E-state index in [1.165, 1.54) is 11.0 Å². The van der Waals surface area contributed by atoms with Gasteiger partial charge in [0.1, 0.15) is 0 Å². The first-order chi connectivity index (χ1) is 10.3. The van der Waals surface area contributed by atoms with Gasteiger partial charge in [-0.2, -0.15) is 9.90 Å². The van der Waals surface area contributed by atoms with Gasteiger partial charge in [-0.25, -0.2) is 0 Å². The predicted molar refractivity (Wildman–Crippen MR) is 77.3 cm³/mol. The molecule has 0 bridgehead atoms. The molecule has 6 nitrogen and oxygen atoms in total. The highest BCUT2D eigenvalue weighted by Crippen LogP contribution is 2.12. The van der Waals surface area contributed by atoms with Crippen molar-refractivity contribution in [2.45, 2.75) is 19.4 Å². The Kier molecular flexibility index (Phi) is 3.96. The molecule has 1 saturated heterocycles. The van der Waals surface area contributed by atoms with E-state index in [1.807, 2.05) is 30.3 Å². The Morgan fingerprint density at radius 3 is 2.95 bits per heavy atom. The number of carbonyl (C=O) groups is 1. The number of rotatable bonds is 3. The van der Waals surface area contributed by atoms with Crippen LogP contribution >= 0.6 is 0 Å². The maximum absolute atomic E-state index is 12.5. The van der Waals surface area contributed by atoms with Crippen LogP contribution in [-0.2, 0) is 4.74 Å². The van der Waals surface area contributed by atoms with Crippen LogP contribution in [-0.4, -0.2) is 51.6 Å². The van der Waals surface area contributed by atoms with Gasteiger partial charge in [-0.05, 0) is 18.6 Å². The first-order valence-electron chi connectivity index (χ1n) is 7.16. The van der Waals surface area contributed by atoms with E-state index in [0.29, 0.717) is 25.4 Å². The highest BCUT2D eigenvalue weighted by molar-refractivity contribution is 5.92. The fourth-order valence-corrected chi connectivity index (χ4v) is 2.36. The Bertz CT molecular complexity index is 611. The van der Waals surface area contributed by atoms with Gasteiger partial charge in [0.25, 0.3) is 5.91 Å². The topological polar surface area (TPSA) is 60.2 Å². The number of nitrogens with zero attached hydrogens (tertiary/aromatic N) is 4. The molecule has 3 rings (SSSR count). The molecule has 0 N–H and O–H groups in total. The van der Waals surface area contributed by atoms with Crippen LogP contribution in [0.25, 0.3) is 5.69 Å². The lowest BCUT2D eigenvalue weighted by molar-refractivity contribution is -0.0228. The van der Waals surface area contributed by atoms with Crippen molar-refractivity contribution in [3.8, 4) is 5.69 Å². The zero-order valence-electron chi connectivity index (χ0n) is 12.0. The lowest BCUT2D eigenvalue weighted by atomic mass is 10.2. The van der Waals surface area contributed by atoms with Crippen molar-refractivity contribution in [3.63, 3.8) is 0 Å². The second-order valence-electron chi connectivity index (χ2n) is 5.01. The number of benzene rings is 1. The van der Waals surface area contributed by atoms with Crippen LogP contribution in [0.3, 0.4) is 0 Å². The van der Waals surface area contributed by atoms with Crippen LogP contribution in [0.15, 0.2) is 36.5 Å². The molecule has 6 heteroatoms. The number of hydrogen-bond donors (Lipinski definition) is 0. The van der Waals surface area contributed by atoms with Crippen molar-refractivity contribution in [2.75, 3.05) is 19.7 Å². The molecule has 1 amide bonds. The smallest absolute Gasteiger partial charge is 0.276 e. The summed E-state index contributed by atoms with van der Waals surface area (Å²) < 4.78 is 5.58. The fourth-order valence-electron chi connectivity index (χ4n) is 2.36. The van der Waals surface area contributed by atoms with E-state index in [-0.39, 0.29) is 12.0 Å². The molecule has 2 heterocycles. The highest BCUT2D eigenvalue weighted by atomic mass is 16.5. The zero-order valence-corrected chi connectivity index (χ0v) is 12.0. The van der Waals surface area contributed by atoms with Gasteiger partial charge in [-0.1, -0.05) is 25.1 Å². The van der Waals surface area contributed by atoms with Crippen molar-refractivity contribution in [1.82, 2.24) is 19.9 Å². The molecule has 0 saturated carbocycles. The molecule has 0 aliphatic carbocycles. The largest absolute Gasteiger partial charge is 0.375 e. The molecular formula is C15H18N4O2. The van der Waals surface area contributed by atoms with Crippen LogP contribution in [0, 0.1) is 0 Å². The summed E-state index contributed by atoms with van der Waals surface area (Å²) in [4.78, 5) is 15.7. The van der Waals surface area contributed by atoms with Crippen LogP contribution in [0.5, 0.6) is 0 Å². The van der Waals surface area contributed by atoms with E-state index in [4.69, 9.17) is 4.74 Å². The van der Waals surface area contributed by atoms with Crippen molar-refractivity contribution in [3.05, 3.63) is 42.2 Å². The summed E-state index contributed by atoms with van der Waals surface area (Å²) in [5.41, 5.74) is 1.21. The average Bonchev–Trinajstić information content (AvgIpc) is 3.05. The second-order valence-corrected chi connectivity index (χ2v) is 5.01. The molecule has 21 heavy (non-hydrogen) atoms. The number of carbonyl (C=O) groups excluding carboxylic acids is 1. The van der Waals surface area contributed by atoms with E-state index >= 15 is 0 Å². The molecule has 1 aliphatic rings. The maximum Gasteiger partial charge on any atom is 0.276 e. The minimum absolute atomic E-state index is 0.0843. The van der Waals surface area contributed by atoms with Crippen molar-refractivity contribution in [1.29, 1.82) is 0 Å². The predicted octanol–water partition coefficient (Wildman–Crippen LogP) is 1.52. The Hall–Kier alpha value is -2.21. The molecule has 0 unspecified atom stereocenters. The van der Waals surface area contributed by atoms with Crippen molar-refractivity contribution < 1.29 is 9.53 Å². The Morgan fingerprint density at radius 1 is 1.38 bits per heavy atom. The molecule has 1 fully saturated rings. The number of amides is 1. The van der Waals surface area contributed by atoms with Gasteiger partial charge in [0.15, 0.2) is 5.69 Å². The van der Waals surface area contributed by atoms with Gasteiger partial charge >= 0.3 is 0 Å². The second kappa shape index (κ2) is 6.05. The molecule has 1 aromatic heterocycles. The van der Waals surface area contributed by atoms with Gasteiger partial charge in [0.05, 0.1) is 24.6 Å². The fraction of sp³-hybridized carbons (Fsp3) is 0.400. The lowest BCUT2D eigenvalue weighted by Gasteiger charge is -2.31. The van der Waals surface area contributed by atoms with Crippen molar-refractivity contribution >= 4 is 5.91 Å². The summed E-state index contributed by atoms with van der Waals surface area (Å²) in [5.74, 6) is -0.0843. The standard InChI is InChI=1S/C15H18N4O2/c1-2-13-11-18(8-9-21-13)15(20)14-10-16-19(17-14)12-6-4-3-5-7-12/h3-7,10,13H,2,8-9,11H2,1H3/t13-/m0/s1. The summed E-state index contributed by atoms with van der Waals surface area (Å²) in [6, 6.07) is 9.55. The summed E-state index contributed by atoms with van der Waals surface area (Å²) in [6.45, 7) is 3.86. The Balaban J connectivity index is 1.75. The van der Waals surface area contributed by atoms with Crippen LogP contribution in [0.1, 0.15) is 23.8 Å². The molecule has 1 aromatic carbocycles. The number of morpholine rings is 1. The van der Waals surface area contributed by atoms with Gasteiger partial charge in [-0.15, -0.1) is 5.10 Å². The van der Waals surface area contributed by atoms with E-state index < -0.39 is 0 Å². The molecule has 0 radical (unpaired) electrons. The third kappa shape index (κ3) is 2.95. The zero-order chi connectivity index (χ0) is 14.7. The molecular weight excluding hydrogens is 268 g/mol. The third-order valence-corrected chi connectivity index (χ3v) is 3.58. The minimum atomic E-state index is -0.0843. The van der Waals surface area contributed by atoms with Crippen molar-refractivity contribution in [2.24, 2.45) is 0 Å². The summed E-state index contributed by atoms with van der Waals surface area (Å²) >= 11 is 0. The Morgan fingerprint density at radius 2 is 2.19 bits per heavy atom. The first-order valence-corrected chi connectivity index (χ1v) is 7.16. The van der Waals surface area contributed by atoms with E-state index in [2.05, 4.69) is 17.1 Å². The maximum atomic E-state index is 12.5. The summed E-state index contributed by atoms with van der Waals surface area (Å²) in [6.07, 6.45) is 2.54. The molecule has 1 aliphatic heterocycles. The first kappa shape index (κ1) is 13.8. The SMILES string of the molecule is CC[C@H]1CN(C(=O)c2cnn(-c3ccccc3)n2)CCO1. The minimum Gasteiger partial charge on any atom is -0.375 e. The van der Waals surface area contributed by atoms with Gasteiger partial charge < -0.3 is 9.64 Å². The van der Waals surface area contributed by atoms with Gasteiger partial charge in [0, 0.05) is 13.1 Å². The number of ether oxygens (including phenoxy) is 1. The van der Waals surface area contributed by atoms with E-state index in [1.54, 1.807) is 4.90 Å². The summed E-state index contributed by atoms with van der Waals surface area (Å²) in [7, 11) is 0. The monoisotopic (exact) mass is 286 g/mol. The van der Waals surface area contributed by atoms with Crippen LogP contribution < -0.4 is 0 Å². The highest BCUT2D eigenvalue weighted by Gasteiger charge is 2.25. The number of para-hydroxylation sites is 1. The molecule has 1 atom stereocenters. The number of aromatic nitrogens is 3.